The van der Waals surface area contributed by atoms with E-state index in [1.54, 1.807) is 49.9 Å². The minimum Gasteiger partial charge on any atom is -0.463 e. The summed E-state index contributed by atoms with van der Waals surface area (Å²) < 4.78 is 10.6. The van der Waals surface area contributed by atoms with Crippen molar-refractivity contribution in [3.8, 4) is 12.1 Å². The van der Waals surface area contributed by atoms with E-state index in [1.165, 1.54) is 0 Å². The summed E-state index contributed by atoms with van der Waals surface area (Å²) in [5, 5.41) is 22.1. The van der Waals surface area contributed by atoms with E-state index in [4.69, 9.17) is 9.47 Å². The number of dihydropyridines is 1. The lowest BCUT2D eigenvalue weighted by Gasteiger charge is -2.29. The summed E-state index contributed by atoms with van der Waals surface area (Å²) in [4.78, 5) is 25.8. The molecule has 156 valence electrons. The first kappa shape index (κ1) is 23.1. The first-order valence-corrected chi connectivity index (χ1v) is 10.7. The summed E-state index contributed by atoms with van der Waals surface area (Å²) in [6.07, 6.45) is 0. The maximum absolute atomic E-state index is 13.0. The number of nitriles is 2. The lowest BCUT2D eigenvalue weighted by atomic mass is 9.78. The number of ether oxygens (including phenoxy) is 2. The molecule has 1 heterocycles. The fourth-order valence-electron chi connectivity index (χ4n) is 3.19. The van der Waals surface area contributed by atoms with Crippen LogP contribution in [0.25, 0.3) is 0 Å². The molecule has 1 atom stereocenters. The molecular formula is C22H23N3O4S. The van der Waals surface area contributed by atoms with Gasteiger partial charge in [-0.2, -0.15) is 22.3 Å². The van der Waals surface area contributed by atoms with E-state index in [1.807, 2.05) is 13.0 Å². The van der Waals surface area contributed by atoms with E-state index in [0.717, 1.165) is 5.75 Å². The summed E-state index contributed by atoms with van der Waals surface area (Å²) in [6.45, 7) is 5.62. The van der Waals surface area contributed by atoms with Crippen molar-refractivity contribution in [3.63, 3.8) is 0 Å². The molecule has 1 unspecified atom stereocenters. The summed E-state index contributed by atoms with van der Waals surface area (Å²) in [5.74, 6) is -0.736. The SMILES string of the molecule is CCOC(=O)C1=C(C#N)NC(C)=C(C(=O)OCCSCC)C1c1ccccc1C#N. The van der Waals surface area contributed by atoms with Crippen LogP contribution in [0.15, 0.2) is 46.8 Å². The molecule has 1 aliphatic rings. The number of nitrogens with zero attached hydrogens (tertiary/aromatic N) is 2. The van der Waals surface area contributed by atoms with Crippen LogP contribution in [-0.2, 0) is 19.1 Å². The van der Waals surface area contributed by atoms with Crippen molar-refractivity contribution in [2.75, 3.05) is 24.7 Å². The van der Waals surface area contributed by atoms with Gasteiger partial charge in [-0.1, -0.05) is 25.1 Å². The molecule has 1 aromatic rings. The van der Waals surface area contributed by atoms with E-state index >= 15 is 0 Å². The molecule has 0 bridgehead atoms. The van der Waals surface area contributed by atoms with Gasteiger partial charge in [-0.05, 0) is 31.2 Å². The molecule has 0 amide bonds. The molecule has 1 N–H and O–H groups in total. The quantitative estimate of drug-likeness (QED) is 0.499. The third kappa shape index (κ3) is 5.03. The molecule has 1 aliphatic heterocycles. The monoisotopic (exact) mass is 425 g/mol. The van der Waals surface area contributed by atoms with Crippen LogP contribution in [0.5, 0.6) is 0 Å². The van der Waals surface area contributed by atoms with Crippen molar-refractivity contribution in [2.24, 2.45) is 0 Å². The number of benzene rings is 1. The predicted octanol–water partition coefficient (Wildman–Crippen LogP) is 3.16. The van der Waals surface area contributed by atoms with Gasteiger partial charge in [0, 0.05) is 11.4 Å². The average Bonchev–Trinajstić information content (AvgIpc) is 2.75. The lowest BCUT2D eigenvalue weighted by molar-refractivity contribution is -0.139. The number of carbonyl (C=O) groups is 2. The zero-order chi connectivity index (χ0) is 22.1. The van der Waals surface area contributed by atoms with Gasteiger partial charge in [0.15, 0.2) is 0 Å². The van der Waals surface area contributed by atoms with Gasteiger partial charge in [0.05, 0.1) is 35.3 Å². The predicted molar refractivity (Wildman–Crippen MR) is 113 cm³/mol. The normalized spacial score (nSPS) is 15.7. The van der Waals surface area contributed by atoms with Gasteiger partial charge in [-0.3, -0.25) is 0 Å². The van der Waals surface area contributed by atoms with Crippen LogP contribution in [0.3, 0.4) is 0 Å². The summed E-state index contributed by atoms with van der Waals surface area (Å²) in [7, 11) is 0. The van der Waals surface area contributed by atoms with Crippen molar-refractivity contribution in [2.45, 2.75) is 26.7 Å². The Kier molecular flexibility index (Phi) is 8.52. The molecule has 7 nitrogen and oxygen atoms in total. The topological polar surface area (TPSA) is 112 Å². The number of esters is 2. The van der Waals surface area contributed by atoms with Gasteiger partial charge < -0.3 is 14.8 Å². The second-order valence-electron chi connectivity index (χ2n) is 6.25. The zero-order valence-corrected chi connectivity index (χ0v) is 18.0. The van der Waals surface area contributed by atoms with Crippen molar-refractivity contribution in [1.29, 1.82) is 10.5 Å². The molecule has 0 radical (unpaired) electrons. The Morgan fingerprint density at radius 2 is 1.80 bits per heavy atom. The van der Waals surface area contributed by atoms with Gasteiger partial charge in [-0.25, -0.2) is 9.59 Å². The van der Waals surface area contributed by atoms with Crippen molar-refractivity contribution >= 4 is 23.7 Å². The number of thioether (sulfide) groups is 1. The van der Waals surface area contributed by atoms with Crippen molar-refractivity contribution < 1.29 is 19.1 Å². The summed E-state index contributed by atoms with van der Waals surface area (Å²) >= 11 is 1.64. The minimum atomic E-state index is -0.956. The van der Waals surface area contributed by atoms with E-state index in [0.29, 0.717) is 22.6 Å². The number of hydrogen-bond acceptors (Lipinski definition) is 8. The Morgan fingerprint density at radius 3 is 2.43 bits per heavy atom. The van der Waals surface area contributed by atoms with Crippen LogP contribution in [0.1, 0.15) is 37.8 Å². The Balaban J connectivity index is 2.62. The molecule has 0 spiro atoms. The van der Waals surface area contributed by atoms with Crippen LogP contribution in [0.4, 0.5) is 0 Å². The molecular weight excluding hydrogens is 402 g/mol. The average molecular weight is 426 g/mol. The highest BCUT2D eigenvalue weighted by molar-refractivity contribution is 7.99. The number of carbonyl (C=O) groups excluding carboxylic acids is 2. The van der Waals surface area contributed by atoms with Crippen LogP contribution >= 0.6 is 11.8 Å². The molecule has 0 fully saturated rings. The Hall–Kier alpha value is -3.23. The first-order chi connectivity index (χ1) is 14.5. The van der Waals surface area contributed by atoms with Crippen LogP contribution in [-0.4, -0.2) is 36.7 Å². The third-order valence-electron chi connectivity index (χ3n) is 4.45. The highest BCUT2D eigenvalue weighted by Crippen LogP contribution is 2.40. The number of allylic oxidation sites excluding steroid dienone is 2. The highest BCUT2D eigenvalue weighted by Gasteiger charge is 2.40. The third-order valence-corrected chi connectivity index (χ3v) is 5.31. The minimum absolute atomic E-state index is 0.0115. The Bertz CT molecular complexity index is 969. The Morgan fingerprint density at radius 1 is 1.10 bits per heavy atom. The maximum atomic E-state index is 13.0. The maximum Gasteiger partial charge on any atom is 0.337 e. The van der Waals surface area contributed by atoms with Crippen molar-refractivity contribution in [3.05, 3.63) is 57.9 Å². The fraction of sp³-hybridized carbons (Fsp3) is 0.364. The standard InChI is InChI=1S/C22H23N3O4S/c1-4-28-22(27)20-17(13-24)25-14(3)18(21(26)29-10-11-30-5-2)19(20)16-9-7-6-8-15(16)12-23/h6-9,19,25H,4-5,10-11H2,1-3H3. The van der Waals surface area contributed by atoms with E-state index in [9.17, 15) is 20.1 Å². The molecule has 1 aromatic carbocycles. The second kappa shape index (κ2) is 11.1. The van der Waals surface area contributed by atoms with E-state index in [-0.39, 0.29) is 30.1 Å². The largest absolute Gasteiger partial charge is 0.463 e. The van der Waals surface area contributed by atoms with Crippen LogP contribution < -0.4 is 5.32 Å². The van der Waals surface area contributed by atoms with Gasteiger partial charge in [0.1, 0.15) is 18.4 Å². The molecule has 0 saturated heterocycles. The van der Waals surface area contributed by atoms with Gasteiger partial charge in [-0.15, -0.1) is 0 Å². The number of hydrogen-bond donors (Lipinski definition) is 1. The molecule has 30 heavy (non-hydrogen) atoms. The fourth-order valence-corrected chi connectivity index (χ4v) is 3.68. The van der Waals surface area contributed by atoms with Crippen molar-refractivity contribution in [1.82, 2.24) is 5.32 Å². The summed E-state index contributed by atoms with van der Waals surface area (Å²) in [5.41, 5.74) is 1.28. The molecule has 2 rings (SSSR count). The summed E-state index contributed by atoms with van der Waals surface area (Å²) in [6, 6.07) is 10.7. The first-order valence-electron chi connectivity index (χ1n) is 9.53. The molecule has 0 aliphatic carbocycles. The zero-order valence-electron chi connectivity index (χ0n) is 17.2. The number of nitrogens with one attached hydrogen (secondary N) is 1. The Labute approximate surface area is 180 Å². The van der Waals surface area contributed by atoms with Crippen LogP contribution in [0, 0.1) is 22.7 Å². The smallest absolute Gasteiger partial charge is 0.337 e. The molecule has 0 saturated carbocycles. The van der Waals surface area contributed by atoms with Gasteiger partial charge >= 0.3 is 11.9 Å². The second-order valence-corrected chi connectivity index (χ2v) is 7.64. The van der Waals surface area contributed by atoms with Crippen LogP contribution in [0.2, 0.25) is 0 Å². The van der Waals surface area contributed by atoms with Gasteiger partial charge in [0.2, 0.25) is 0 Å². The highest BCUT2D eigenvalue weighted by atomic mass is 32.2. The van der Waals surface area contributed by atoms with E-state index < -0.39 is 17.9 Å². The molecule has 0 aromatic heterocycles. The number of rotatable bonds is 8. The van der Waals surface area contributed by atoms with Gasteiger partial charge in [0.25, 0.3) is 0 Å². The molecule has 8 heteroatoms. The van der Waals surface area contributed by atoms with E-state index in [2.05, 4.69) is 11.4 Å². The lowest BCUT2D eigenvalue weighted by Crippen LogP contribution is -2.33.